The fourth-order valence-corrected chi connectivity index (χ4v) is 4.56. The lowest BCUT2D eigenvalue weighted by molar-refractivity contribution is -0.123. The Hall–Kier alpha value is -2.29. The molecule has 6 nitrogen and oxygen atoms in total. The van der Waals surface area contributed by atoms with E-state index in [1.54, 1.807) is 12.4 Å². The van der Waals surface area contributed by atoms with Crippen LogP contribution in [0.2, 0.25) is 0 Å². The summed E-state index contributed by atoms with van der Waals surface area (Å²) in [7, 11) is 0. The number of aromatic nitrogens is 2. The predicted molar refractivity (Wildman–Crippen MR) is 128 cm³/mol. The van der Waals surface area contributed by atoms with Gasteiger partial charge in [-0.3, -0.25) is 14.6 Å². The average molecular weight is 518 g/mol. The van der Waals surface area contributed by atoms with E-state index in [1.807, 2.05) is 32.1 Å². The van der Waals surface area contributed by atoms with Crippen LogP contribution < -0.4 is 10.6 Å². The molecule has 3 rings (SSSR count). The molecule has 1 aliphatic rings. The Morgan fingerprint density at radius 3 is 2.77 bits per heavy atom. The highest BCUT2D eigenvalue weighted by Crippen LogP contribution is 2.32. The fraction of sp³-hybridized carbons (Fsp3) is 0.391. The maximum Gasteiger partial charge on any atom is 0.228 e. The third-order valence-corrected chi connectivity index (χ3v) is 6.23. The highest BCUT2D eigenvalue weighted by molar-refractivity contribution is 14.1. The maximum atomic E-state index is 12.9. The first-order valence-corrected chi connectivity index (χ1v) is 11.3. The van der Waals surface area contributed by atoms with E-state index in [2.05, 4.69) is 49.3 Å². The number of nitrogens with one attached hydrogen (secondary N) is 2. The second-order valence-corrected chi connectivity index (χ2v) is 8.82. The number of carbonyl (C=O) groups excluding carboxylic acids is 2. The highest BCUT2D eigenvalue weighted by atomic mass is 127. The summed E-state index contributed by atoms with van der Waals surface area (Å²) in [6.45, 7) is 5.49. The fourth-order valence-electron chi connectivity index (χ4n) is 3.98. The van der Waals surface area contributed by atoms with Gasteiger partial charge in [0.15, 0.2) is 0 Å². The van der Waals surface area contributed by atoms with Crippen molar-refractivity contribution in [2.45, 2.75) is 52.5 Å². The summed E-state index contributed by atoms with van der Waals surface area (Å²) < 4.78 is 1.00. The van der Waals surface area contributed by atoms with Crippen molar-refractivity contribution in [1.82, 2.24) is 15.3 Å². The van der Waals surface area contributed by atoms with Crippen LogP contribution in [-0.2, 0) is 9.59 Å². The van der Waals surface area contributed by atoms with Gasteiger partial charge < -0.3 is 10.6 Å². The zero-order valence-electron chi connectivity index (χ0n) is 17.5. The van der Waals surface area contributed by atoms with E-state index < -0.39 is 0 Å². The molecule has 0 spiro atoms. The number of carbonyl (C=O) groups is 2. The number of allylic oxidation sites excluding steroid dienone is 1. The van der Waals surface area contributed by atoms with Crippen LogP contribution in [0.25, 0.3) is 17.2 Å². The molecule has 0 saturated heterocycles. The lowest BCUT2D eigenvalue weighted by atomic mass is 9.85. The van der Waals surface area contributed by atoms with Crippen molar-refractivity contribution in [3.8, 4) is 11.1 Å². The van der Waals surface area contributed by atoms with Gasteiger partial charge in [0.05, 0.1) is 0 Å². The Balaban J connectivity index is 1.82. The summed E-state index contributed by atoms with van der Waals surface area (Å²) in [6.07, 6.45) is 11.0. The van der Waals surface area contributed by atoms with Crippen molar-refractivity contribution in [2.75, 3.05) is 5.32 Å². The molecule has 1 fully saturated rings. The first kappa shape index (κ1) is 22.4. The van der Waals surface area contributed by atoms with Crippen LogP contribution in [0.5, 0.6) is 0 Å². The molecule has 2 amide bonds. The van der Waals surface area contributed by atoms with Crippen molar-refractivity contribution < 1.29 is 9.59 Å². The van der Waals surface area contributed by atoms with Gasteiger partial charge in [-0.25, -0.2) is 4.98 Å². The molecular weight excluding hydrogens is 491 g/mol. The number of anilines is 1. The van der Waals surface area contributed by atoms with Crippen molar-refractivity contribution in [2.24, 2.45) is 5.92 Å². The zero-order chi connectivity index (χ0) is 21.7. The summed E-state index contributed by atoms with van der Waals surface area (Å²) in [5.74, 6) is 0.332. The van der Waals surface area contributed by atoms with E-state index >= 15 is 0 Å². The van der Waals surface area contributed by atoms with Gasteiger partial charge in [-0.1, -0.05) is 18.6 Å². The maximum absolute atomic E-state index is 12.9. The summed E-state index contributed by atoms with van der Waals surface area (Å²) in [5, 5.41) is 5.93. The topological polar surface area (TPSA) is 84.0 Å². The van der Waals surface area contributed by atoms with E-state index in [9.17, 15) is 9.59 Å². The molecule has 30 heavy (non-hydrogen) atoms. The first-order chi connectivity index (χ1) is 14.4. The molecular formula is C23H27IN4O2. The molecule has 2 aromatic heterocycles. The Labute approximate surface area is 191 Å². The third kappa shape index (κ3) is 5.44. The van der Waals surface area contributed by atoms with E-state index in [1.165, 1.54) is 6.92 Å². The molecule has 2 aromatic rings. The summed E-state index contributed by atoms with van der Waals surface area (Å²) >= 11 is 2.27. The second kappa shape index (κ2) is 10.1. The van der Waals surface area contributed by atoms with Crippen LogP contribution in [-0.4, -0.2) is 27.8 Å². The van der Waals surface area contributed by atoms with Crippen LogP contribution in [0.15, 0.2) is 30.6 Å². The molecule has 2 heterocycles. The SMILES string of the molecule is C/C=C\c1c(-c2cc(NC(=O)[C@H]3CCC[C@@H](NC(C)=O)C3)ncc2I)ccnc1C. The van der Waals surface area contributed by atoms with Gasteiger partial charge in [-0.15, -0.1) is 0 Å². The summed E-state index contributed by atoms with van der Waals surface area (Å²) in [5.41, 5.74) is 4.09. The number of pyridine rings is 2. The van der Waals surface area contributed by atoms with Crippen molar-refractivity contribution >= 4 is 46.3 Å². The lowest BCUT2D eigenvalue weighted by Crippen LogP contribution is -2.40. The quantitative estimate of drug-likeness (QED) is 0.561. The van der Waals surface area contributed by atoms with Crippen LogP contribution in [0.3, 0.4) is 0 Å². The van der Waals surface area contributed by atoms with Gasteiger partial charge >= 0.3 is 0 Å². The number of aryl methyl sites for hydroxylation is 1. The van der Waals surface area contributed by atoms with Gasteiger partial charge in [-0.05, 0) is 73.4 Å². The molecule has 0 radical (unpaired) electrons. The average Bonchev–Trinajstić information content (AvgIpc) is 2.71. The van der Waals surface area contributed by atoms with Gasteiger partial charge in [-0.2, -0.15) is 0 Å². The Kier molecular flexibility index (Phi) is 7.58. The molecule has 2 atom stereocenters. The van der Waals surface area contributed by atoms with Gasteiger partial charge in [0, 0.05) is 51.7 Å². The minimum absolute atomic E-state index is 0.0377. The third-order valence-electron chi connectivity index (χ3n) is 5.37. The van der Waals surface area contributed by atoms with E-state index in [0.29, 0.717) is 12.2 Å². The second-order valence-electron chi connectivity index (χ2n) is 7.66. The van der Waals surface area contributed by atoms with Crippen LogP contribution in [0, 0.1) is 16.4 Å². The number of hydrogen-bond acceptors (Lipinski definition) is 4. The monoisotopic (exact) mass is 518 g/mol. The van der Waals surface area contributed by atoms with Crippen molar-refractivity contribution in [3.63, 3.8) is 0 Å². The molecule has 0 aromatic carbocycles. The van der Waals surface area contributed by atoms with Crippen molar-refractivity contribution in [3.05, 3.63) is 45.4 Å². The molecule has 0 aliphatic heterocycles. The number of rotatable bonds is 5. The summed E-state index contributed by atoms with van der Waals surface area (Å²) in [6, 6.07) is 3.98. The van der Waals surface area contributed by atoms with Gasteiger partial charge in [0.1, 0.15) is 5.82 Å². The smallest absolute Gasteiger partial charge is 0.228 e. The predicted octanol–water partition coefficient (Wildman–Crippen LogP) is 4.72. The number of halogens is 1. The first-order valence-electron chi connectivity index (χ1n) is 10.2. The Bertz CT molecular complexity index is 974. The van der Waals surface area contributed by atoms with E-state index in [0.717, 1.165) is 45.2 Å². The molecule has 2 N–H and O–H groups in total. The van der Waals surface area contributed by atoms with Gasteiger partial charge in [0.25, 0.3) is 0 Å². The standard InChI is InChI=1S/C23H27IN4O2/c1-4-6-18-14(2)25-10-9-19(18)20-12-22(26-13-21(20)24)28-23(30)16-7-5-8-17(11-16)27-15(3)29/h4,6,9-10,12-13,16-17H,5,7-8,11H2,1-3H3,(H,27,29)(H,26,28,30)/b6-4-/t16-,17+/m0/s1. The summed E-state index contributed by atoms with van der Waals surface area (Å²) in [4.78, 5) is 33.0. The zero-order valence-corrected chi connectivity index (χ0v) is 19.7. The Morgan fingerprint density at radius 2 is 2.03 bits per heavy atom. The molecule has 1 aliphatic carbocycles. The minimum atomic E-state index is -0.123. The normalized spacial score (nSPS) is 18.9. The van der Waals surface area contributed by atoms with Crippen molar-refractivity contribution in [1.29, 1.82) is 0 Å². The molecule has 0 bridgehead atoms. The van der Waals surface area contributed by atoms with Crippen LogP contribution >= 0.6 is 22.6 Å². The highest BCUT2D eigenvalue weighted by Gasteiger charge is 2.28. The van der Waals surface area contributed by atoms with Crippen LogP contribution in [0.1, 0.15) is 50.8 Å². The number of hydrogen-bond donors (Lipinski definition) is 2. The molecule has 158 valence electrons. The van der Waals surface area contributed by atoms with E-state index in [-0.39, 0.29) is 23.8 Å². The van der Waals surface area contributed by atoms with Crippen LogP contribution in [0.4, 0.5) is 5.82 Å². The largest absolute Gasteiger partial charge is 0.354 e. The molecule has 1 saturated carbocycles. The lowest BCUT2D eigenvalue weighted by Gasteiger charge is -2.28. The van der Waals surface area contributed by atoms with Gasteiger partial charge in [0.2, 0.25) is 11.8 Å². The van der Waals surface area contributed by atoms with E-state index in [4.69, 9.17) is 0 Å². The molecule has 0 unspecified atom stereocenters. The number of amides is 2. The minimum Gasteiger partial charge on any atom is -0.354 e. The number of nitrogens with zero attached hydrogens (tertiary/aromatic N) is 2. The molecule has 7 heteroatoms. The Morgan fingerprint density at radius 1 is 1.23 bits per heavy atom.